The summed E-state index contributed by atoms with van der Waals surface area (Å²) in [5.41, 5.74) is 0. The van der Waals surface area contributed by atoms with Crippen LogP contribution in [0.25, 0.3) is 0 Å². The van der Waals surface area contributed by atoms with Gasteiger partial charge < -0.3 is 9.53 Å². The van der Waals surface area contributed by atoms with E-state index in [9.17, 15) is 0 Å². The fourth-order valence-corrected chi connectivity index (χ4v) is 1.56. The molecule has 0 radical (unpaired) electrons. The molecule has 0 aromatic carbocycles. The Morgan fingerprint density at radius 2 is 1.77 bits per heavy atom. The number of rotatable bonds is 4. The molecular formula is C10H22O2Si. The van der Waals surface area contributed by atoms with E-state index < -0.39 is 8.32 Å². The minimum atomic E-state index is -1.59. The van der Waals surface area contributed by atoms with Crippen LogP contribution in [0, 0.1) is 0 Å². The van der Waals surface area contributed by atoms with E-state index in [1.165, 1.54) is 0 Å². The minimum Gasteiger partial charge on any atom is -0.413 e. The smallest absolute Gasteiger partial charge is 0.192 e. The minimum absolute atomic E-state index is 0.0981. The Hall–Kier alpha value is -0.123. The number of aliphatic hydroxyl groups is 1. The molecule has 0 fully saturated rings. The van der Waals surface area contributed by atoms with Crippen molar-refractivity contribution in [3.05, 3.63) is 12.2 Å². The summed E-state index contributed by atoms with van der Waals surface area (Å²) in [7, 11) is -1.59. The largest absolute Gasteiger partial charge is 0.413 e. The highest BCUT2D eigenvalue weighted by Crippen LogP contribution is 2.36. The van der Waals surface area contributed by atoms with Gasteiger partial charge in [-0.2, -0.15) is 0 Å². The predicted octanol–water partition coefficient (Wildman–Crippen LogP) is 2.56. The Morgan fingerprint density at radius 1 is 1.23 bits per heavy atom. The lowest BCUT2D eigenvalue weighted by molar-refractivity contribution is 0.321. The zero-order chi connectivity index (χ0) is 10.5. The third-order valence-electron chi connectivity index (χ3n) is 2.62. The summed E-state index contributed by atoms with van der Waals surface area (Å²) in [6.45, 7) is 11.8. The van der Waals surface area contributed by atoms with Crippen molar-refractivity contribution >= 4 is 8.32 Å². The van der Waals surface area contributed by atoms with E-state index in [2.05, 4.69) is 33.9 Å². The van der Waals surface area contributed by atoms with Crippen molar-refractivity contribution in [1.29, 1.82) is 0 Å². The quantitative estimate of drug-likeness (QED) is 0.561. The monoisotopic (exact) mass is 202 g/mol. The summed E-state index contributed by atoms with van der Waals surface area (Å²) in [5, 5.41) is 8.79. The molecule has 0 unspecified atom stereocenters. The fourth-order valence-electron chi connectivity index (χ4n) is 0.616. The molecule has 0 aliphatic carbocycles. The molecule has 0 atom stereocenters. The Balaban J connectivity index is 3.97. The van der Waals surface area contributed by atoms with E-state index >= 15 is 0 Å². The third-order valence-corrected chi connectivity index (χ3v) is 7.12. The lowest BCUT2D eigenvalue weighted by Crippen LogP contribution is -2.40. The maximum absolute atomic E-state index is 8.52. The molecule has 13 heavy (non-hydrogen) atoms. The van der Waals surface area contributed by atoms with Crippen molar-refractivity contribution in [2.45, 2.75) is 38.9 Å². The molecule has 0 amide bonds. The third kappa shape index (κ3) is 4.60. The summed E-state index contributed by atoms with van der Waals surface area (Å²) >= 11 is 0. The van der Waals surface area contributed by atoms with Crippen molar-refractivity contribution in [2.24, 2.45) is 0 Å². The summed E-state index contributed by atoms with van der Waals surface area (Å²) in [4.78, 5) is 0. The average Bonchev–Trinajstić information content (AvgIpc) is 1.96. The zero-order valence-electron chi connectivity index (χ0n) is 9.42. The normalized spacial score (nSPS) is 14.0. The Labute approximate surface area is 82.7 Å². The van der Waals surface area contributed by atoms with Crippen LogP contribution in [-0.2, 0) is 4.43 Å². The highest BCUT2D eigenvalue weighted by atomic mass is 28.4. The molecule has 0 aliphatic heterocycles. The van der Waals surface area contributed by atoms with Crippen molar-refractivity contribution < 1.29 is 9.53 Å². The molecule has 1 N–H and O–H groups in total. The second-order valence-corrected chi connectivity index (χ2v) is 9.53. The molecule has 0 heterocycles. The van der Waals surface area contributed by atoms with E-state index in [0.717, 1.165) is 0 Å². The van der Waals surface area contributed by atoms with Crippen molar-refractivity contribution in [2.75, 3.05) is 13.2 Å². The van der Waals surface area contributed by atoms with Crippen LogP contribution in [0.5, 0.6) is 0 Å². The molecule has 0 aromatic rings. The van der Waals surface area contributed by atoms with Gasteiger partial charge in [0.1, 0.15) is 0 Å². The van der Waals surface area contributed by atoms with Gasteiger partial charge in [0.25, 0.3) is 0 Å². The van der Waals surface area contributed by atoms with Crippen LogP contribution >= 0.6 is 0 Å². The molecule has 0 aromatic heterocycles. The Morgan fingerprint density at radius 3 is 2.15 bits per heavy atom. The number of hydrogen-bond donors (Lipinski definition) is 1. The Bertz CT molecular complexity index is 168. The first-order valence-corrected chi connectivity index (χ1v) is 7.62. The molecular weight excluding hydrogens is 180 g/mol. The van der Waals surface area contributed by atoms with Gasteiger partial charge in [0.05, 0.1) is 13.2 Å². The van der Waals surface area contributed by atoms with Gasteiger partial charge in [-0.25, -0.2) is 0 Å². The van der Waals surface area contributed by atoms with Crippen molar-refractivity contribution in [3.63, 3.8) is 0 Å². The van der Waals surface area contributed by atoms with Gasteiger partial charge >= 0.3 is 0 Å². The van der Waals surface area contributed by atoms with Crippen LogP contribution in [0.4, 0.5) is 0 Å². The van der Waals surface area contributed by atoms with Gasteiger partial charge in [0.2, 0.25) is 0 Å². The zero-order valence-corrected chi connectivity index (χ0v) is 10.4. The summed E-state index contributed by atoms with van der Waals surface area (Å²) in [6, 6.07) is 0. The molecule has 3 heteroatoms. The average molecular weight is 202 g/mol. The Kier molecular flexibility index (Phi) is 4.89. The van der Waals surface area contributed by atoms with Crippen molar-refractivity contribution in [1.82, 2.24) is 0 Å². The van der Waals surface area contributed by atoms with Crippen LogP contribution < -0.4 is 0 Å². The topological polar surface area (TPSA) is 29.5 Å². The van der Waals surface area contributed by atoms with E-state index in [1.807, 2.05) is 6.08 Å². The molecule has 0 bridgehead atoms. The molecule has 2 nitrogen and oxygen atoms in total. The van der Waals surface area contributed by atoms with Crippen LogP contribution in [0.15, 0.2) is 12.2 Å². The fraction of sp³-hybridized carbons (Fsp3) is 0.800. The van der Waals surface area contributed by atoms with Gasteiger partial charge in [0, 0.05) is 0 Å². The van der Waals surface area contributed by atoms with Gasteiger partial charge in [-0.05, 0) is 18.1 Å². The standard InChI is InChI=1S/C10H22O2Si/c1-10(2,3)13(4,5)12-9-7-6-8-11/h6-7,11H,8-9H2,1-5H3. The van der Waals surface area contributed by atoms with Crippen LogP contribution in [0.3, 0.4) is 0 Å². The molecule has 0 rings (SSSR count). The van der Waals surface area contributed by atoms with Gasteiger partial charge in [0.15, 0.2) is 8.32 Å². The highest BCUT2D eigenvalue weighted by Gasteiger charge is 2.36. The molecule has 78 valence electrons. The van der Waals surface area contributed by atoms with E-state index in [0.29, 0.717) is 6.61 Å². The molecule has 0 saturated heterocycles. The highest BCUT2D eigenvalue weighted by molar-refractivity contribution is 6.74. The van der Waals surface area contributed by atoms with E-state index in [4.69, 9.17) is 9.53 Å². The van der Waals surface area contributed by atoms with E-state index in [1.54, 1.807) is 6.08 Å². The number of hydrogen-bond acceptors (Lipinski definition) is 2. The van der Waals surface area contributed by atoms with Crippen molar-refractivity contribution in [3.8, 4) is 0 Å². The molecule has 0 spiro atoms. The lowest BCUT2D eigenvalue weighted by atomic mass is 10.2. The first-order valence-electron chi connectivity index (χ1n) is 4.71. The van der Waals surface area contributed by atoms with Crippen LogP contribution in [0.2, 0.25) is 18.1 Å². The predicted molar refractivity (Wildman–Crippen MR) is 59.4 cm³/mol. The first-order chi connectivity index (χ1) is 5.81. The maximum atomic E-state index is 8.52. The SMILES string of the molecule is CC(C)(C)[Si](C)(C)OCC=CCO. The van der Waals surface area contributed by atoms with Gasteiger partial charge in [-0.1, -0.05) is 32.9 Å². The summed E-state index contributed by atoms with van der Waals surface area (Å²) in [6.07, 6.45) is 3.59. The van der Waals surface area contributed by atoms with Gasteiger partial charge in [-0.15, -0.1) is 0 Å². The number of aliphatic hydroxyl groups excluding tert-OH is 1. The summed E-state index contributed by atoms with van der Waals surface area (Å²) in [5.74, 6) is 0. The maximum Gasteiger partial charge on any atom is 0.192 e. The molecule has 0 saturated carbocycles. The molecule has 0 aliphatic rings. The van der Waals surface area contributed by atoms with Gasteiger partial charge in [-0.3, -0.25) is 0 Å². The second kappa shape index (κ2) is 4.93. The van der Waals surface area contributed by atoms with Crippen LogP contribution in [0.1, 0.15) is 20.8 Å². The lowest BCUT2D eigenvalue weighted by Gasteiger charge is -2.35. The first kappa shape index (κ1) is 12.9. The summed E-state index contributed by atoms with van der Waals surface area (Å²) < 4.78 is 5.84. The second-order valence-electron chi connectivity index (χ2n) is 4.73. The van der Waals surface area contributed by atoms with E-state index in [-0.39, 0.29) is 11.6 Å². The van der Waals surface area contributed by atoms with Crippen LogP contribution in [-0.4, -0.2) is 26.6 Å².